The number of hydrogen-bond donors (Lipinski definition) is 2. The molecule has 4 rings (SSSR count). The average molecular weight is 489 g/mol. The SMILES string of the molecule is COC[C@@H]1CNC[C@H](C(=O)N(C2CC2)[C@H](C)c2nn(CCCNC(=O)OC)c3nc(C)ccc23)O1. The summed E-state index contributed by atoms with van der Waals surface area (Å²) < 4.78 is 17.8. The van der Waals surface area contributed by atoms with Crippen LogP contribution in [0.1, 0.15) is 43.6 Å². The van der Waals surface area contributed by atoms with Gasteiger partial charge in [-0.1, -0.05) is 0 Å². The monoisotopic (exact) mass is 488 g/mol. The lowest BCUT2D eigenvalue weighted by atomic mass is 10.1. The van der Waals surface area contributed by atoms with Gasteiger partial charge in [0.15, 0.2) is 5.65 Å². The van der Waals surface area contributed by atoms with Gasteiger partial charge >= 0.3 is 6.09 Å². The number of rotatable bonds is 10. The van der Waals surface area contributed by atoms with Crippen molar-refractivity contribution in [3.05, 3.63) is 23.5 Å². The molecule has 2 aromatic rings. The Morgan fingerprint density at radius 1 is 1.31 bits per heavy atom. The molecular weight excluding hydrogens is 452 g/mol. The molecule has 2 N–H and O–H groups in total. The molecule has 2 aromatic heterocycles. The number of alkyl carbamates (subject to hydrolysis) is 1. The summed E-state index contributed by atoms with van der Waals surface area (Å²) in [5, 5.41) is 11.8. The van der Waals surface area contributed by atoms with Gasteiger partial charge in [0.25, 0.3) is 5.91 Å². The minimum atomic E-state index is -0.551. The highest BCUT2D eigenvalue weighted by atomic mass is 16.5. The zero-order valence-corrected chi connectivity index (χ0v) is 21.0. The van der Waals surface area contributed by atoms with Crippen LogP contribution in [0.15, 0.2) is 12.1 Å². The number of amides is 2. The molecule has 11 nitrogen and oxygen atoms in total. The molecule has 1 aliphatic heterocycles. The van der Waals surface area contributed by atoms with Crippen LogP contribution in [0.3, 0.4) is 0 Å². The lowest BCUT2D eigenvalue weighted by Gasteiger charge is -2.36. The van der Waals surface area contributed by atoms with Gasteiger partial charge in [-0.05, 0) is 45.2 Å². The highest BCUT2D eigenvalue weighted by Crippen LogP contribution is 2.37. The van der Waals surface area contributed by atoms with E-state index in [1.807, 2.05) is 35.6 Å². The summed E-state index contributed by atoms with van der Waals surface area (Å²) in [5.41, 5.74) is 2.50. The Hall–Kier alpha value is -2.76. The largest absolute Gasteiger partial charge is 0.453 e. The molecule has 2 aliphatic rings. The first-order valence-electron chi connectivity index (χ1n) is 12.3. The van der Waals surface area contributed by atoms with Crippen molar-refractivity contribution < 1.29 is 23.8 Å². The molecular formula is C24H36N6O5. The smallest absolute Gasteiger partial charge is 0.406 e. The first-order chi connectivity index (χ1) is 16.9. The van der Waals surface area contributed by atoms with Crippen LogP contribution in [0, 0.1) is 6.92 Å². The van der Waals surface area contributed by atoms with Gasteiger partial charge in [0.2, 0.25) is 0 Å². The predicted octanol–water partition coefficient (Wildman–Crippen LogP) is 1.54. The molecule has 2 fully saturated rings. The number of aryl methyl sites for hydroxylation is 2. The van der Waals surface area contributed by atoms with E-state index in [9.17, 15) is 9.59 Å². The highest BCUT2D eigenvalue weighted by molar-refractivity contribution is 5.84. The third kappa shape index (κ3) is 5.91. The lowest BCUT2D eigenvalue weighted by molar-refractivity contribution is -0.156. The molecule has 1 saturated heterocycles. The van der Waals surface area contributed by atoms with Crippen LogP contribution in [-0.4, -0.2) is 90.4 Å². The summed E-state index contributed by atoms with van der Waals surface area (Å²) in [6, 6.07) is 3.95. The number of ether oxygens (including phenoxy) is 3. The van der Waals surface area contributed by atoms with Crippen LogP contribution in [-0.2, 0) is 25.5 Å². The second kappa shape index (κ2) is 11.3. The zero-order valence-electron chi connectivity index (χ0n) is 21.0. The number of nitrogens with one attached hydrogen (secondary N) is 2. The van der Waals surface area contributed by atoms with E-state index in [4.69, 9.17) is 19.6 Å². The number of methoxy groups -OCH3 is 2. The molecule has 3 atom stereocenters. The lowest BCUT2D eigenvalue weighted by Crippen LogP contribution is -2.54. The van der Waals surface area contributed by atoms with Gasteiger partial charge in [-0.15, -0.1) is 0 Å². The minimum Gasteiger partial charge on any atom is -0.453 e. The Bertz CT molecular complexity index is 1040. The van der Waals surface area contributed by atoms with E-state index < -0.39 is 12.2 Å². The first kappa shape index (κ1) is 25.3. The number of morpholine rings is 1. The number of hydrogen-bond acceptors (Lipinski definition) is 8. The van der Waals surface area contributed by atoms with E-state index in [2.05, 4.69) is 15.4 Å². The number of pyridine rings is 1. The average Bonchev–Trinajstić information content (AvgIpc) is 3.63. The third-order valence-electron chi connectivity index (χ3n) is 6.46. The number of fused-ring (bicyclic) bond motifs is 1. The minimum absolute atomic E-state index is 0.0154. The second-order valence-corrected chi connectivity index (χ2v) is 9.22. The van der Waals surface area contributed by atoms with Crippen molar-refractivity contribution in [2.45, 2.75) is 63.9 Å². The Kier molecular flexibility index (Phi) is 8.19. The van der Waals surface area contributed by atoms with Crippen molar-refractivity contribution in [1.29, 1.82) is 0 Å². The summed E-state index contributed by atoms with van der Waals surface area (Å²) >= 11 is 0. The number of carbonyl (C=O) groups excluding carboxylic acids is 2. The molecule has 2 amide bonds. The van der Waals surface area contributed by atoms with Crippen molar-refractivity contribution in [3.8, 4) is 0 Å². The molecule has 0 bridgehead atoms. The van der Waals surface area contributed by atoms with E-state index in [1.54, 1.807) is 7.11 Å². The Labute approximate surface area is 205 Å². The summed E-state index contributed by atoms with van der Waals surface area (Å²) in [6.45, 7) is 6.62. The van der Waals surface area contributed by atoms with Crippen LogP contribution < -0.4 is 10.6 Å². The fourth-order valence-electron chi connectivity index (χ4n) is 4.60. The number of aromatic nitrogens is 3. The molecule has 35 heavy (non-hydrogen) atoms. The summed E-state index contributed by atoms with van der Waals surface area (Å²) in [4.78, 5) is 31.7. The number of carbonyl (C=O) groups is 2. The van der Waals surface area contributed by atoms with Gasteiger partial charge in [0, 0.05) is 50.4 Å². The van der Waals surface area contributed by atoms with Crippen LogP contribution in [0.2, 0.25) is 0 Å². The first-order valence-corrected chi connectivity index (χ1v) is 12.3. The van der Waals surface area contributed by atoms with Gasteiger partial charge in [0.1, 0.15) is 6.10 Å². The third-order valence-corrected chi connectivity index (χ3v) is 6.46. The van der Waals surface area contributed by atoms with Gasteiger partial charge in [-0.25, -0.2) is 14.5 Å². The maximum Gasteiger partial charge on any atom is 0.406 e. The molecule has 1 aliphatic carbocycles. The number of nitrogens with zero attached hydrogens (tertiary/aromatic N) is 4. The van der Waals surface area contributed by atoms with E-state index in [1.165, 1.54) is 7.11 Å². The quantitative estimate of drug-likeness (QED) is 0.484. The van der Waals surface area contributed by atoms with E-state index >= 15 is 0 Å². The topological polar surface area (TPSA) is 120 Å². The summed E-state index contributed by atoms with van der Waals surface area (Å²) in [7, 11) is 2.98. The highest BCUT2D eigenvalue weighted by Gasteiger charge is 2.42. The van der Waals surface area contributed by atoms with Gasteiger partial charge < -0.3 is 29.7 Å². The molecule has 3 heterocycles. The Balaban J connectivity index is 1.55. The fraction of sp³-hybridized carbons (Fsp3) is 0.667. The molecule has 1 saturated carbocycles. The van der Waals surface area contributed by atoms with E-state index in [0.29, 0.717) is 39.2 Å². The molecule has 11 heteroatoms. The maximum absolute atomic E-state index is 13.7. The van der Waals surface area contributed by atoms with Crippen LogP contribution >= 0.6 is 0 Å². The normalized spacial score (nSPS) is 21.0. The zero-order chi connectivity index (χ0) is 24.9. The van der Waals surface area contributed by atoms with Crippen molar-refractivity contribution >= 4 is 23.0 Å². The molecule has 0 radical (unpaired) electrons. The van der Waals surface area contributed by atoms with E-state index in [0.717, 1.165) is 35.3 Å². The Morgan fingerprint density at radius 3 is 2.83 bits per heavy atom. The van der Waals surface area contributed by atoms with E-state index in [-0.39, 0.29) is 24.1 Å². The van der Waals surface area contributed by atoms with Gasteiger partial charge in [-0.3, -0.25) is 4.79 Å². The maximum atomic E-state index is 13.7. The van der Waals surface area contributed by atoms with Crippen molar-refractivity contribution in [1.82, 2.24) is 30.3 Å². The second-order valence-electron chi connectivity index (χ2n) is 9.22. The Morgan fingerprint density at radius 2 is 2.11 bits per heavy atom. The van der Waals surface area contributed by atoms with Gasteiger partial charge in [0.05, 0.1) is 31.6 Å². The summed E-state index contributed by atoms with van der Waals surface area (Å²) in [5.74, 6) is -0.0154. The fourth-order valence-corrected chi connectivity index (χ4v) is 4.60. The van der Waals surface area contributed by atoms with Gasteiger partial charge in [-0.2, -0.15) is 5.10 Å². The molecule has 0 spiro atoms. The molecule has 0 unspecified atom stereocenters. The van der Waals surface area contributed by atoms with Crippen molar-refractivity contribution in [3.63, 3.8) is 0 Å². The van der Waals surface area contributed by atoms with Crippen molar-refractivity contribution in [2.24, 2.45) is 0 Å². The van der Waals surface area contributed by atoms with Crippen LogP contribution in [0.5, 0.6) is 0 Å². The standard InChI is InChI=1S/C24H36N6O5/c1-15-6-9-19-21(28-29(22(19)27-15)11-5-10-26-24(32)34-4)16(2)30(17-7-8-17)23(31)20-13-25-12-18(35-20)14-33-3/h6,9,16-18,20,25H,5,7-8,10-14H2,1-4H3,(H,26,32)/t16-,18+,20-/m1/s1. The summed E-state index contributed by atoms with van der Waals surface area (Å²) in [6.07, 6.45) is 1.47. The van der Waals surface area contributed by atoms with Crippen molar-refractivity contribution in [2.75, 3.05) is 40.5 Å². The van der Waals surface area contributed by atoms with Crippen LogP contribution in [0.25, 0.3) is 11.0 Å². The van der Waals surface area contributed by atoms with Crippen LogP contribution in [0.4, 0.5) is 4.79 Å². The molecule has 0 aromatic carbocycles. The predicted molar refractivity (Wildman–Crippen MR) is 129 cm³/mol. The molecule has 192 valence electrons.